The lowest BCUT2D eigenvalue weighted by Gasteiger charge is -2.26. The summed E-state index contributed by atoms with van der Waals surface area (Å²) in [7, 11) is 1.91. The maximum absolute atomic E-state index is 12.7. The lowest BCUT2D eigenvalue weighted by atomic mass is 9.99. The molecule has 0 aliphatic carbocycles. The Balaban J connectivity index is 5.42. The summed E-state index contributed by atoms with van der Waals surface area (Å²) in [4.78, 5) is 25.8. The summed E-state index contributed by atoms with van der Waals surface area (Å²) in [5, 5.41) is 3.10. The van der Waals surface area contributed by atoms with Gasteiger partial charge in [-0.15, -0.1) is 0 Å². The fraction of sp³-hybridized carbons (Fsp3) is 0.476. The summed E-state index contributed by atoms with van der Waals surface area (Å²) < 4.78 is 1.92. The van der Waals surface area contributed by atoms with Gasteiger partial charge in [0, 0.05) is 13.1 Å². The van der Waals surface area contributed by atoms with E-state index in [0.717, 1.165) is 36.1 Å². The Morgan fingerprint density at radius 3 is 2.42 bits per heavy atom. The molecule has 0 heterocycles. The van der Waals surface area contributed by atoms with Gasteiger partial charge in [0.25, 0.3) is 5.91 Å². The number of nitrogens with one attached hydrogen (secondary N) is 1. The number of hydrogen-bond acceptors (Lipinski definition) is 2. The van der Waals surface area contributed by atoms with Crippen molar-refractivity contribution in [2.24, 2.45) is 0 Å². The van der Waals surface area contributed by atoms with Crippen LogP contribution in [0.25, 0.3) is 0 Å². The molecule has 5 heteroatoms. The van der Waals surface area contributed by atoms with Crippen LogP contribution in [0.3, 0.4) is 0 Å². The van der Waals surface area contributed by atoms with Gasteiger partial charge in [-0.1, -0.05) is 38.2 Å². The standard InChI is InChI=1S/C21H33N3O2/c1-8-12-14-23(7)18(6)22-15-21(26)24(11-4)20(16-25)19(13-9-2)17(5)10-3/h9,11-14,16,20H,4,8,10,15H2,1-3,5-7H3/p+1. The molecule has 1 atom stereocenters. The topological polar surface area (TPSA) is 52.4 Å². The normalized spacial score (nSPS) is 14.7. The Labute approximate surface area is 158 Å². The first-order valence-corrected chi connectivity index (χ1v) is 9.05. The van der Waals surface area contributed by atoms with E-state index < -0.39 is 6.04 Å². The second kappa shape index (κ2) is 12.9. The zero-order valence-corrected chi connectivity index (χ0v) is 17.1. The lowest BCUT2D eigenvalue weighted by molar-refractivity contribution is -0.425. The predicted molar refractivity (Wildman–Crippen MR) is 109 cm³/mol. The molecule has 0 saturated heterocycles. The largest absolute Gasteiger partial charge is 0.302 e. The summed E-state index contributed by atoms with van der Waals surface area (Å²) in [5.41, 5.74) is 1.90. The van der Waals surface area contributed by atoms with E-state index >= 15 is 0 Å². The minimum absolute atomic E-state index is 0.0841. The maximum Gasteiger partial charge on any atom is 0.269 e. The van der Waals surface area contributed by atoms with E-state index in [1.54, 1.807) is 0 Å². The summed E-state index contributed by atoms with van der Waals surface area (Å²) in [6, 6.07) is -0.670. The Morgan fingerprint density at radius 1 is 1.31 bits per heavy atom. The van der Waals surface area contributed by atoms with Gasteiger partial charge in [-0.3, -0.25) is 10.1 Å². The third-order valence-corrected chi connectivity index (χ3v) is 4.19. The molecular formula is C21H34N3O2+. The predicted octanol–water partition coefficient (Wildman–Crippen LogP) is 3.40. The van der Waals surface area contributed by atoms with Crippen molar-refractivity contribution in [1.29, 1.82) is 0 Å². The quantitative estimate of drug-likeness (QED) is 0.214. The highest BCUT2D eigenvalue weighted by Gasteiger charge is 2.25. The van der Waals surface area contributed by atoms with Crippen molar-refractivity contribution >= 4 is 18.0 Å². The molecule has 1 amide bonds. The molecule has 144 valence electrons. The van der Waals surface area contributed by atoms with Crippen LogP contribution >= 0.6 is 0 Å². The highest BCUT2D eigenvalue weighted by Crippen LogP contribution is 2.18. The first kappa shape index (κ1) is 23.6. The third kappa shape index (κ3) is 7.21. The van der Waals surface area contributed by atoms with Gasteiger partial charge in [0.05, 0.1) is 13.2 Å². The van der Waals surface area contributed by atoms with Crippen LogP contribution in [0.2, 0.25) is 0 Å². The van der Waals surface area contributed by atoms with Crippen LogP contribution in [-0.2, 0) is 9.59 Å². The van der Waals surface area contributed by atoms with E-state index in [4.69, 9.17) is 0 Å². The number of allylic oxidation sites excluding steroid dienone is 3. The van der Waals surface area contributed by atoms with E-state index in [0.29, 0.717) is 0 Å². The van der Waals surface area contributed by atoms with Crippen molar-refractivity contribution in [3.63, 3.8) is 0 Å². The second-order valence-corrected chi connectivity index (χ2v) is 6.00. The number of carbonyl (C=O) groups is 2. The molecule has 26 heavy (non-hydrogen) atoms. The fourth-order valence-corrected chi connectivity index (χ4v) is 2.33. The zero-order chi connectivity index (χ0) is 20.1. The van der Waals surface area contributed by atoms with E-state index in [-0.39, 0.29) is 12.5 Å². The number of nitrogens with zero attached hydrogens (tertiary/aromatic N) is 2. The monoisotopic (exact) mass is 360 g/mol. The average molecular weight is 361 g/mol. The molecule has 0 aromatic carbocycles. The van der Waals surface area contributed by atoms with E-state index in [9.17, 15) is 9.59 Å². The van der Waals surface area contributed by atoms with Crippen LogP contribution in [0.5, 0.6) is 0 Å². The Bertz CT molecular complexity index is 613. The highest BCUT2D eigenvalue weighted by molar-refractivity contribution is 5.87. The van der Waals surface area contributed by atoms with Crippen molar-refractivity contribution in [2.45, 2.75) is 53.5 Å². The van der Waals surface area contributed by atoms with Gasteiger partial charge in [-0.2, -0.15) is 0 Å². The molecule has 0 spiro atoms. The van der Waals surface area contributed by atoms with Gasteiger partial charge in [0.1, 0.15) is 12.3 Å². The van der Waals surface area contributed by atoms with Crippen LogP contribution in [0, 0.1) is 0 Å². The van der Waals surface area contributed by atoms with Crippen molar-refractivity contribution < 1.29 is 14.2 Å². The molecule has 0 bridgehead atoms. The minimum atomic E-state index is -0.670. The molecule has 0 saturated carbocycles. The molecule has 0 aromatic rings. The van der Waals surface area contributed by atoms with Gasteiger partial charge in [-0.05, 0) is 38.3 Å². The Morgan fingerprint density at radius 2 is 1.96 bits per heavy atom. The van der Waals surface area contributed by atoms with Crippen LogP contribution in [0.4, 0.5) is 0 Å². The van der Waals surface area contributed by atoms with Gasteiger partial charge in [-0.25, -0.2) is 4.58 Å². The van der Waals surface area contributed by atoms with Crippen molar-refractivity contribution in [2.75, 3.05) is 13.6 Å². The molecule has 1 unspecified atom stereocenters. The number of amidine groups is 1. The molecule has 0 fully saturated rings. The summed E-state index contributed by atoms with van der Waals surface area (Å²) >= 11 is 0. The number of hydrogen-bond donors (Lipinski definition) is 1. The molecule has 1 N–H and O–H groups in total. The van der Waals surface area contributed by atoms with Gasteiger partial charge >= 0.3 is 0 Å². The zero-order valence-electron chi connectivity index (χ0n) is 17.1. The van der Waals surface area contributed by atoms with Crippen LogP contribution in [-0.4, -0.2) is 47.1 Å². The number of amides is 1. The van der Waals surface area contributed by atoms with Gasteiger partial charge in [0.2, 0.25) is 5.84 Å². The van der Waals surface area contributed by atoms with Crippen LogP contribution < -0.4 is 5.32 Å². The van der Waals surface area contributed by atoms with Crippen molar-refractivity contribution in [1.82, 2.24) is 10.2 Å². The summed E-state index contributed by atoms with van der Waals surface area (Å²) in [6.45, 7) is 13.7. The Hall–Kier alpha value is -2.43. The number of aldehydes is 1. The van der Waals surface area contributed by atoms with E-state index in [2.05, 4.69) is 18.8 Å². The molecule has 0 aliphatic heterocycles. The molecule has 0 aromatic heterocycles. The highest BCUT2D eigenvalue weighted by atomic mass is 16.2. The fourth-order valence-electron chi connectivity index (χ4n) is 2.33. The maximum atomic E-state index is 12.7. The number of carbonyl (C=O) groups excluding carboxylic acids is 2. The first-order chi connectivity index (χ1) is 12.4. The van der Waals surface area contributed by atoms with Crippen LogP contribution in [0.1, 0.15) is 47.5 Å². The van der Waals surface area contributed by atoms with Gasteiger partial charge < -0.3 is 9.69 Å². The van der Waals surface area contributed by atoms with E-state index in [1.165, 1.54) is 11.1 Å². The lowest BCUT2D eigenvalue weighted by Crippen LogP contribution is -2.44. The van der Waals surface area contributed by atoms with Crippen molar-refractivity contribution in [3.05, 3.63) is 48.4 Å². The molecule has 0 rings (SSSR count). The number of rotatable bonds is 10. The van der Waals surface area contributed by atoms with E-state index in [1.807, 2.05) is 63.7 Å². The first-order valence-electron chi connectivity index (χ1n) is 9.05. The molecular weight excluding hydrogens is 326 g/mol. The SMILES string of the molecule is C=CN(C(=O)CNC(C)=[N+](C)C=CCC)C(C=O)C(C=CC)=C(C)CC. The molecule has 5 nitrogen and oxygen atoms in total. The second-order valence-electron chi connectivity index (χ2n) is 6.00. The molecule has 0 radical (unpaired) electrons. The Kier molecular flexibility index (Phi) is 11.7. The summed E-state index contributed by atoms with van der Waals surface area (Å²) in [5.74, 6) is 0.638. The molecule has 0 aliphatic rings. The summed E-state index contributed by atoms with van der Waals surface area (Å²) in [6.07, 6.45) is 11.7. The average Bonchev–Trinajstić information content (AvgIpc) is 2.65. The van der Waals surface area contributed by atoms with Gasteiger partial charge in [0.15, 0.2) is 6.54 Å². The van der Waals surface area contributed by atoms with Crippen LogP contribution in [0.15, 0.2) is 48.4 Å². The minimum Gasteiger partial charge on any atom is -0.302 e. The van der Waals surface area contributed by atoms with Crippen molar-refractivity contribution in [3.8, 4) is 0 Å². The smallest absolute Gasteiger partial charge is 0.269 e. The third-order valence-electron chi connectivity index (χ3n) is 4.19.